The predicted octanol–water partition coefficient (Wildman–Crippen LogP) is 2.52. The molecule has 1 N–H and O–H groups in total. The fraction of sp³-hybridized carbons (Fsp3) is 0.200. The molecule has 0 saturated heterocycles. The normalized spacial score (nSPS) is 11.8. The van der Waals surface area contributed by atoms with E-state index in [9.17, 15) is 9.90 Å². The fourth-order valence-corrected chi connectivity index (χ4v) is 2.02. The molecule has 0 aliphatic heterocycles. The van der Waals surface area contributed by atoms with E-state index in [4.69, 9.17) is 4.74 Å². The molecule has 1 atom stereocenters. The molecule has 0 amide bonds. The van der Waals surface area contributed by atoms with E-state index >= 15 is 0 Å². The maximum Gasteiger partial charge on any atom is 0.213 e. The number of pyridine rings is 1. The first-order valence-corrected chi connectivity index (χ1v) is 5.98. The van der Waals surface area contributed by atoms with Gasteiger partial charge in [0.15, 0.2) is 0 Å². The van der Waals surface area contributed by atoms with Crippen molar-refractivity contribution in [2.45, 2.75) is 12.3 Å². The Bertz CT molecular complexity index is 569. The number of ether oxygens (including phenoxy) is 1. The first kappa shape index (κ1) is 13.1. The number of phenolic OH excluding ortho intramolecular Hbond substituents is 1. The molecule has 1 unspecified atom stereocenters. The summed E-state index contributed by atoms with van der Waals surface area (Å²) in [6, 6.07) is 12.4. The molecule has 0 aliphatic carbocycles. The van der Waals surface area contributed by atoms with Gasteiger partial charge < -0.3 is 14.6 Å². The molecular weight excluding hydrogens is 242 g/mol. The van der Waals surface area contributed by atoms with Crippen LogP contribution >= 0.6 is 0 Å². The molecule has 0 bridgehead atoms. The van der Waals surface area contributed by atoms with Gasteiger partial charge in [0.25, 0.3) is 0 Å². The van der Waals surface area contributed by atoms with Crippen molar-refractivity contribution in [3.8, 4) is 11.6 Å². The van der Waals surface area contributed by atoms with Crippen LogP contribution in [0.3, 0.4) is 0 Å². The third-order valence-corrected chi connectivity index (χ3v) is 2.96. The van der Waals surface area contributed by atoms with Crippen LogP contribution in [0.5, 0.6) is 11.6 Å². The molecule has 1 aromatic carbocycles. The smallest absolute Gasteiger partial charge is 0.213 e. The number of aromatic hydroxyl groups is 1. The molecule has 4 nitrogen and oxygen atoms in total. The molecular formula is C15H15NO3. The highest BCUT2D eigenvalue weighted by atomic mass is 16.5. The van der Waals surface area contributed by atoms with Gasteiger partial charge in [0.1, 0.15) is 12.0 Å². The van der Waals surface area contributed by atoms with E-state index < -0.39 is 0 Å². The van der Waals surface area contributed by atoms with Gasteiger partial charge in [0.2, 0.25) is 5.88 Å². The topological polar surface area (TPSA) is 59.4 Å². The van der Waals surface area contributed by atoms with Crippen LogP contribution in [0.2, 0.25) is 0 Å². The van der Waals surface area contributed by atoms with Crippen LogP contribution in [0.4, 0.5) is 0 Å². The number of aromatic nitrogens is 1. The van der Waals surface area contributed by atoms with Crippen molar-refractivity contribution in [2.75, 3.05) is 7.11 Å². The number of carbonyl (C=O) groups is 1. The summed E-state index contributed by atoms with van der Waals surface area (Å²) in [6.45, 7) is 0. The zero-order valence-electron chi connectivity index (χ0n) is 10.6. The molecule has 4 heteroatoms. The van der Waals surface area contributed by atoms with E-state index in [2.05, 4.69) is 4.98 Å². The fourth-order valence-electron chi connectivity index (χ4n) is 2.02. The molecule has 0 aliphatic rings. The molecule has 1 heterocycles. The lowest BCUT2D eigenvalue weighted by atomic mass is 9.92. The van der Waals surface area contributed by atoms with Crippen molar-refractivity contribution in [1.82, 2.24) is 4.98 Å². The highest BCUT2D eigenvalue weighted by Gasteiger charge is 2.18. The summed E-state index contributed by atoms with van der Waals surface area (Å²) in [6.07, 6.45) is 1.09. The summed E-state index contributed by atoms with van der Waals surface area (Å²) in [4.78, 5) is 15.2. The van der Waals surface area contributed by atoms with Crippen molar-refractivity contribution in [3.63, 3.8) is 0 Å². The van der Waals surface area contributed by atoms with Crippen LogP contribution in [0, 0.1) is 0 Å². The minimum atomic E-state index is -0.270. The van der Waals surface area contributed by atoms with Gasteiger partial charge in [-0.3, -0.25) is 0 Å². The van der Waals surface area contributed by atoms with Gasteiger partial charge in [0.05, 0.1) is 12.8 Å². The summed E-state index contributed by atoms with van der Waals surface area (Å²) < 4.78 is 5.09. The summed E-state index contributed by atoms with van der Waals surface area (Å²) in [5.41, 5.74) is 1.39. The van der Waals surface area contributed by atoms with E-state index in [0.717, 1.165) is 6.29 Å². The Kier molecular flexibility index (Phi) is 4.13. The second-order valence-corrected chi connectivity index (χ2v) is 4.12. The maximum absolute atomic E-state index is 10.9. The monoisotopic (exact) mass is 257 g/mol. The largest absolute Gasteiger partial charge is 0.508 e. The van der Waals surface area contributed by atoms with Crippen molar-refractivity contribution in [2.24, 2.45) is 0 Å². The number of benzene rings is 1. The zero-order valence-corrected chi connectivity index (χ0v) is 10.6. The Labute approximate surface area is 111 Å². The predicted molar refractivity (Wildman–Crippen MR) is 71.4 cm³/mol. The second kappa shape index (κ2) is 6.00. The molecule has 2 aromatic rings. The number of nitrogens with zero attached hydrogens (tertiary/aromatic N) is 1. The lowest BCUT2D eigenvalue weighted by molar-refractivity contribution is -0.108. The minimum absolute atomic E-state index is 0.166. The first-order valence-electron chi connectivity index (χ1n) is 5.98. The van der Waals surface area contributed by atoms with Crippen LogP contribution in [0.25, 0.3) is 0 Å². The van der Waals surface area contributed by atoms with Crippen molar-refractivity contribution >= 4 is 6.29 Å². The quantitative estimate of drug-likeness (QED) is 0.836. The average molecular weight is 257 g/mol. The van der Waals surface area contributed by atoms with Crippen LogP contribution < -0.4 is 4.74 Å². The number of para-hydroxylation sites is 1. The highest BCUT2D eigenvalue weighted by Crippen LogP contribution is 2.32. The van der Waals surface area contributed by atoms with E-state index in [1.807, 2.05) is 18.2 Å². The molecule has 0 radical (unpaired) electrons. The number of carbonyl (C=O) groups excluding carboxylic acids is 1. The number of aldehydes is 1. The summed E-state index contributed by atoms with van der Waals surface area (Å²) in [5.74, 6) is 0.386. The van der Waals surface area contributed by atoms with Gasteiger partial charge in [-0.15, -0.1) is 0 Å². The molecule has 0 saturated carbocycles. The Morgan fingerprint density at radius 3 is 2.74 bits per heavy atom. The van der Waals surface area contributed by atoms with Crippen LogP contribution in [-0.2, 0) is 4.79 Å². The molecule has 0 spiro atoms. The Hall–Kier alpha value is -2.36. The third kappa shape index (κ3) is 2.91. The number of hydrogen-bond donors (Lipinski definition) is 1. The minimum Gasteiger partial charge on any atom is -0.508 e. The lowest BCUT2D eigenvalue weighted by Gasteiger charge is -2.16. The zero-order chi connectivity index (χ0) is 13.7. The molecule has 1 aromatic heterocycles. The third-order valence-electron chi connectivity index (χ3n) is 2.96. The van der Waals surface area contributed by atoms with Crippen LogP contribution in [-0.4, -0.2) is 23.5 Å². The number of rotatable bonds is 5. The standard InChI is InChI=1S/C15H15NO3/c1-19-15-8-4-6-13(16-15)11(9-10-17)12-5-2-3-7-14(12)18/h2-8,10-11,18H,9H2,1H3. The highest BCUT2D eigenvalue weighted by molar-refractivity contribution is 5.55. The number of hydrogen-bond acceptors (Lipinski definition) is 4. The van der Waals surface area contributed by atoms with Crippen molar-refractivity contribution in [1.29, 1.82) is 0 Å². The Morgan fingerprint density at radius 1 is 1.26 bits per heavy atom. The van der Waals surface area contributed by atoms with Gasteiger partial charge in [-0.1, -0.05) is 24.3 Å². The Morgan fingerprint density at radius 2 is 2.05 bits per heavy atom. The van der Waals surface area contributed by atoms with E-state index in [1.54, 1.807) is 31.4 Å². The van der Waals surface area contributed by atoms with Crippen molar-refractivity contribution < 1.29 is 14.6 Å². The lowest BCUT2D eigenvalue weighted by Crippen LogP contribution is -2.05. The van der Waals surface area contributed by atoms with Gasteiger partial charge in [-0.2, -0.15) is 0 Å². The van der Waals surface area contributed by atoms with Crippen LogP contribution in [0.15, 0.2) is 42.5 Å². The molecule has 19 heavy (non-hydrogen) atoms. The maximum atomic E-state index is 10.9. The van der Waals surface area contributed by atoms with Gasteiger partial charge >= 0.3 is 0 Å². The van der Waals surface area contributed by atoms with Gasteiger partial charge in [-0.05, 0) is 12.1 Å². The molecule has 0 fully saturated rings. The SMILES string of the molecule is COc1cccc(C(CC=O)c2ccccc2O)n1. The Balaban J connectivity index is 2.45. The van der Waals surface area contributed by atoms with Gasteiger partial charge in [0, 0.05) is 24.0 Å². The van der Waals surface area contributed by atoms with E-state index in [1.165, 1.54) is 0 Å². The first-order chi connectivity index (χ1) is 9.26. The number of phenols is 1. The molecule has 2 rings (SSSR count). The van der Waals surface area contributed by atoms with Gasteiger partial charge in [-0.25, -0.2) is 4.98 Å². The van der Waals surface area contributed by atoms with Crippen LogP contribution in [0.1, 0.15) is 23.6 Å². The summed E-state index contributed by atoms with van der Waals surface area (Å²) >= 11 is 0. The van der Waals surface area contributed by atoms with E-state index in [-0.39, 0.29) is 18.1 Å². The molecule has 98 valence electrons. The average Bonchev–Trinajstić information content (AvgIpc) is 2.46. The summed E-state index contributed by atoms with van der Waals surface area (Å²) in [7, 11) is 1.54. The summed E-state index contributed by atoms with van der Waals surface area (Å²) in [5, 5.41) is 9.92. The number of methoxy groups -OCH3 is 1. The van der Waals surface area contributed by atoms with E-state index in [0.29, 0.717) is 17.1 Å². The second-order valence-electron chi connectivity index (χ2n) is 4.12. The van der Waals surface area contributed by atoms with Crippen molar-refractivity contribution in [3.05, 3.63) is 53.7 Å².